The van der Waals surface area contributed by atoms with E-state index in [1.165, 1.54) is 25.6 Å². The molecule has 0 amide bonds. The number of nitrogens with one attached hydrogen (secondary N) is 2. The normalized spacial score (nSPS) is 11.8. The number of rotatable bonds is 6. The predicted molar refractivity (Wildman–Crippen MR) is 78.4 cm³/mol. The largest absolute Gasteiger partial charge is 0.369 e. The van der Waals surface area contributed by atoms with Crippen molar-refractivity contribution in [1.29, 1.82) is 0 Å². The van der Waals surface area contributed by atoms with Gasteiger partial charge >= 0.3 is 0 Å². The minimum absolute atomic E-state index is 0.0242. The van der Waals surface area contributed by atoms with Crippen LogP contribution in [0.25, 0.3) is 0 Å². The number of nitrogens with zero attached hydrogens (tertiary/aromatic N) is 4. The molecule has 114 valence electrons. The van der Waals surface area contributed by atoms with E-state index in [0.717, 1.165) is 4.31 Å². The molecule has 0 spiro atoms. The first-order valence-corrected chi connectivity index (χ1v) is 7.97. The Morgan fingerprint density at radius 2 is 2.19 bits per heavy atom. The second-order valence-electron chi connectivity index (χ2n) is 4.23. The Kier molecular flexibility index (Phi) is 4.76. The molecule has 0 aliphatic carbocycles. The van der Waals surface area contributed by atoms with Gasteiger partial charge in [0.15, 0.2) is 0 Å². The molecule has 10 heteroatoms. The van der Waals surface area contributed by atoms with E-state index in [1.807, 2.05) is 6.92 Å². The predicted octanol–water partition coefficient (Wildman–Crippen LogP) is 1.11. The van der Waals surface area contributed by atoms with Crippen LogP contribution in [0.15, 0.2) is 23.5 Å². The Labute approximate surface area is 127 Å². The summed E-state index contributed by atoms with van der Waals surface area (Å²) < 4.78 is 26.0. The lowest BCUT2D eigenvalue weighted by Crippen LogP contribution is -2.27. The van der Waals surface area contributed by atoms with Gasteiger partial charge in [-0.15, -0.1) is 0 Å². The molecule has 2 N–H and O–H groups in total. The number of pyridine rings is 1. The van der Waals surface area contributed by atoms with Crippen molar-refractivity contribution in [3.63, 3.8) is 0 Å². The smallest absolute Gasteiger partial charge is 0.244 e. The van der Waals surface area contributed by atoms with Gasteiger partial charge in [0, 0.05) is 19.8 Å². The minimum Gasteiger partial charge on any atom is -0.369 e. The van der Waals surface area contributed by atoms with Crippen molar-refractivity contribution < 1.29 is 8.42 Å². The van der Waals surface area contributed by atoms with Crippen LogP contribution in [0.2, 0.25) is 5.02 Å². The Hall–Kier alpha value is -1.71. The van der Waals surface area contributed by atoms with Crippen molar-refractivity contribution in [2.75, 3.05) is 18.9 Å². The standard InChI is InChI=1S/C11H15ClN6O2S/c1-3-13-11-9(12)4-8(5-14-11)21(19,20)18(2)6-10-15-7-16-17-10/h4-5,7H,3,6H2,1-2H3,(H,13,14)(H,15,16,17). The summed E-state index contributed by atoms with van der Waals surface area (Å²) in [5.74, 6) is 0.903. The second-order valence-corrected chi connectivity index (χ2v) is 6.68. The molecule has 0 radical (unpaired) electrons. The molecule has 21 heavy (non-hydrogen) atoms. The van der Waals surface area contributed by atoms with Crippen LogP contribution < -0.4 is 5.32 Å². The van der Waals surface area contributed by atoms with E-state index in [1.54, 1.807) is 0 Å². The number of halogens is 1. The van der Waals surface area contributed by atoms with Gasteiger partial charge in [-0.25, -0.2) is 18.4 Å². The molecule has 2 rings (SSSR count). The van der Waals surface area contributed by atoms with Crippen LogP contribution in [-0.4, -0.2) is 46.5 Å². The maximum atomic E-state index is 12.4. The van der Waals surface area contributed by atoms with Gasteiger partial charge in [0.1, 0.15) is 22.9 Å². The fraction of sp³-hybridized carbons (Fsp3) is 0.364. The van der Waals surface area contributed by atoms with E-state index < -0.39 is 10.0 Å². The Bertz CT molecular complexity index is 704. The molecule has 0 saturated heterocycles. The summed E-state index contributed by atoms with van der Waals surface area (Å²) in [5, 5.41) is 9.49. The summed E-state index contributed by atoms with van der Waals surface area (Å²) in [7, 11) is -2.25. The van der Waals surface area contributed by atoms with Crippen molar-refractivity contribution in [3.05, 3.63) is 29.4 Å². The lowest BCUT2D eigenvalue weighted by atomic mass is 10.4. The average Bonchev–Trinajstić information content (AvgIpc) is 2.94. The lowest BCUT2D eigenvalue weighted by molar-refractivity contribution is 0.457. The quantitative estimate of drug-likeness (QED) is 0.822. The molecule has 0 bridgehead atoms. The molecule has 0 atom stereocenters. The van der Waals surface area contributed by atoms with Crippen LogP contribution >= 0.6 is 11.6 Å². The molecule has 8 nitrogen and oxygen atoms in total. The first-order chi connectivity index (χ1) is 9.95. The summed E-state index contributed by atoms with van der Waals surface area (Å²) in [6, 6.07) is 1.37. The van der Waals surface area contributed by atoms with Crippen LogP contribution in [0, 0.1) is 0 Å². The number of aromatic nitrogens is 4. The van der Waals surface area contributed by atoms with E-state index >= 15 is 0 Å². The summed E-state index contributed by atoms with van der Waals surface area (Å²) in [4.78, 5) is 7.95. The van der Waals surface area contributed by atoms with E-state index in [2.05, 4.69) is 25.5 Å². The van der Waals surface area contributed by atoms with Crippen LogP contribution in [0.3, 0.4) is 0 Å². The number of sulfonamides is 1. The third-order valence-corrected chi connectivity index (χ3v) is 4.76. The number of hydrogen-bond donors (Lipinski definition) is 2. The summed E-state index contributed by atoms with van der Waals surface area (Å²) >= 11 is 6.03. The molecule has 2 heterocycles. The van der Waals surface area contributed by atoms with Gasteiger partial charge in [-0.05, 0) is 13.0 Å². The van der Waals surface area contributed by atoms with Gasteiger partial charge in [0.05, 0.1) is 11.6 Å². The zero-order valence-corrected chi connectivity index (χ0v) is 13.1. The molecule has 0 unspecified atom stereocenters. The Balaban J connectivity index is 2.24. The third-order valence-electron chi connectivity index (χ3n) is 2.71. The van der Waals surface area contributed by atoms with Crippen LogP contribution in [0.4, 0.5) is 5.82 Å². The Morgan fingerprint density at radius 1 is 1.43 bits per heavy atom. The molecule has 2 aromatic rings. The van der Waals surface area contributed by atoms with Gasteiger partial charge in [-0.2, -0.15) is 9.40 Å². The zero-order valence-electron chi connectivity index (χ0n) is 11.5. The highest BCUT2D eigenvalue weighted by Crippen LogP contribution is 2.24. The second kappa shape index (κ2) is 6.37. The summed E-state index contributed by atoms with van der Waals surface area (Å²) in [6.45, 7) is 2.62. The summed E-state index contributed by atoms with van der Waals surface area (Å²) in [6.07, 6.45) is 2.59. The lowest BCUT2D eigenvalue weighted by Gasteiger charge is -2.16. The molecule has 0 fully saturated rings. The van der Waals surface area contributed by atoms with Gasteiger partial charge in [-0.1, -0.05) is 11.6 Å². The number of hydrogen-bond acceptors (Lipinski definition) is 6. The number of aromatic amines is 1. The highest BCUT2D eigenvalue weighted by atomic mass is 35.5. The van der Waals surface area contributed by atoms with Crippen molar-refractivity contribution >= 4 is 27.4 Å². The molecule has 2 aromatic heterocycles. The summed E-state index contributed by atoms with van der Waals surface area (Å²) in [5.41, 5.74) is 0. The molecule has 0 saturated carbocycles. The van der Waals surface area contributed by atoms with Gasteiger partial charge in [0.2, 0.25) is 10.0 Å². The average molecular weight is 331 g/mol. The number of anilines is 1. The van der Waals surface area contributed by atoms with Gasteiger partial charge in [-0.3, -0.25) is 5.10 Å². The van der Waals surface area contributed by atoms with Crippen molar-refractivity contribution in [3.8, 4) is 0 Å². The fourth-order valence-electron chi connectivity index (χ4n) is 1.64. The van der Waals surface area contributed by atoms with E-state index in [4.69, 9.17) is 11.6 Å². The van der Waals surface area contributed by atoms with Crippen LogP contribution in [0.5, 0.6) is 0 Å². The van der Waals surface area contributed by atoms with E-state index in [9.17, 15) is 8.42 Å². The number of H-pyrrole nitrogens is 1. The van der Waals surface area contributed by atoms with Crippen molar-refractivity contribution in [2.45, 2.75) is 18.4 Å². The maximum Gasteiger partial charge on any atom is 0.244 e. The fourth-order valence-corrected chi connectivity index (χ4v) is 3.04. The highest BCUT2D eigenvalue weighted by Gasteiger charge is 2.23. The zero-order chi connectivity index (χ0) is 15.5. The molecule has 0 aliphatic heterocycles. The molecular weight excluding hydrogens is 316 g/mol. The SMILES string of the molecule is CCNc1ncc(S(=O)(=O)N(C)Cc2ncn[nH]2)cc1Cl. The molecular formula is C11H15ClN6O2S. The van der Waals surface area contributed by atoms with Gasteiger partial charge < -0.3 is 5.32 Å². The van der Waals surface area contributed by atoms with Crippen LogP contribution in [-0.2, 0) is 16.6 Å². The topological polar surface area (TPSA) is 104 Å². The molecule has 0 aliphatic rings. The Morgan fingerprint density at radius 3 is 2.76 bits per heavy atom. The third kappa shape index (κ3) is 3.49. The van der Waals surface area contributed by atoms with E-state index in [-0.39, 0.29) is 16.5 Å². The van der Waals surface area contributed by atoms with Crippen LogP contribution in [0.1, 0.15) is 12.7 Å². The first-order valence-electron chi connectivity index (χ1n) is 6.15. The maximum absolute atomic E-state index is 12.4. The highest BCUT2D eigenvalue weighted by molar-refractivity contribution is 7.89. The van der Waals surface area contributed by atoms with Crippen molar-refractivity contribution in [2.24, 2.45) is 0 Å². The van der Waals surface area contributed by atoms with E-state index in [0.29, 0.717) is 18.2 Å². The van der Waals surface area contributed by atoms with Crippen molar-refractivity contribution in [1.82, 2.24) is 24.5 Å². The molecule has 0 aromatic carbocycles. The minimum atomic E-state index is -3.70. The first kappa shape index (κ1) is 15.7. The monoisotopic (exact) mass is 330 g/mol. The van der Waals surface area contributed by atoms with Gasteiger partial charge in [0.25, 0.3) is 0 Å².